The predicted octanol–water partition coefficient (Wildman–Crippen LogP) is 3.32. The smallest absolute Gasteiger partial charge is 0.137 e. The minimum Gasteiger partial charge on any atom is -0.353 e. The Morgan fingerprint density at radius 1 is 1.25 bits per heavy atom. The van der Waals surface area contributed by atoms with Crippen molar-refractivity contribution < 1.29 is 0 Å². The Hall–Kier alpha value is -1.61. The van der Waals surface area contributed by atoms with Crippen molar-refractivity contribution in [2.75, 3.05) is 11.4 Å². The van der Waals surface area contributed by atoms with Gasteiger partial charge in [-0.25, -0.2) is 4.98 Å². The maximum Gasteiger partial charge on any atom is 0.137 e. The van der Waals surface area contributed by atoms with Gasteiger partial charge in [-0.3, -0.25) is 0 Å². The summed E-state index contributed by atoms with van der Waals surface area (Å²) < 4.78 is 0. The summed E-state index contributed by atoms with van der Waals surface area (Å²) in [6.07, 6.45) is 2.55. The molecule has 0 aliphatic carbocycles. The number of hydrogen-bond donors (Lipinski definition) is 1. The first-order valence-electron chi connectivity index (χ1n) is 7.54. The number of hydrogen-bond acceptors (Lipinski definition) is 3. The Bertz CT molecular complexity index is 608. The average molecular weight is 269 g/mol. The Labute approximate surface area is 120 Å². The highest BCUT2D eigenvalue weighted by atomic mass is 15.2. The summed E-state index contributed by atoms with van der Waals surface area (Å²) in [6, 6.07) is 11.1. The number of aromatic nitrogens is 1. The van der Waals surface area contributed by atoms with E-state index in [1.54, 1.807) is 0 Å². The average Bonchev–Trinajstić information content (AvgIpc) is 2.48. The van der Waals surface area contributed by atoms with Gasteiger partial charge < -0.3 is 10.6 Å². The number of pyridine rings is 1. The lowest BCUT2D eigenvalue weighted by Crippen LogP contribution is -2.41. The van der Waals surface area contributed by atoms with E-state index in [1.165, 1.54) is 23.6 Å². The van der Waals surface area contributed by atoms with E-state index in [9.17, 15) is 0 Å². The van der Waals surface area contributed by atoms with Crippen molar-refractivity contribution in [2.24, 2.45) is 11.7 Å². The van der Waals surface area contributed by atoms with E-state index in [-0.39, 0.29) is 0 Å². The number of piperidine rings is 1. The number of fused-ring (bicyclic) bond motifs is 1. The third-order valence-electron chi connectivity index (χ3n) is 4.37. The quantitative estimate of drug-likeness (QED) is 0.909. The van der Waals surface area contributed by atoms with E-state index in [0.717, 1.165) is 24.0 Å². The summed E-state index contributed by atoms with van der Waals surface area (Å²) in [4.78, 5) is 7.30. The molecule has 20 heavy (non-hydrogen) atoms. The highest BCUT2D eigenvalue weighted by molar-refractivity contribution is 5.92. The van der Waals surface area contributed by atoms with Crippen LogP contribution in [-0.4, -0.2) is 17.6 Å². The second-order valence-corrected chi connectivity index (χ2v) is 6.05. The zero-order valence-electron chi connectivity index (χ0n) is 12.3. The van der Waals surface area contributed by atoms with Crippen LogP contribution in [0.25, 0.3) is 10.8 Å². The van der Waals surface area contributed by atoms with Gasteiger partial charge in [-0.05, 0) is 37.1 Å². The Morgan fingerprint density at radius 3 is 2.85 bits per heavy atom. The third kappa shape index (κ3) is 2.38. The molecule has 2 aromatic rings. The molecule has 1 aromatic heterocycles. The normalized spacial score (nSPS) is 23.2. The summed E-state index contributed by atoms with van der Waals surface area (Å²) in [5.41, 5.74) is 6.80. The Morgan fingerprint density at radius 2 is 2.05 bits per heavy atom. The maximum absolute atomic E-state index is 5.82. The lowest BCUT2D eigenvalue weighted by molar-refractivity contribution is 0.388. The van der Waals surface area contributed by atoms with Crippen LogP contribution in [0, 0.1) is 5.92 Å². The van der Waals surface area contributed by atoms with Gasteiger partial charge in [0.1, 0.15) is 5.82 Å². The topological polar surface area (TPSA) is 42.2 Å². The molecule has 106 valence electrons. The van der Waals surface area contributed by atoms with Crippen molar-refractivity contribution in [1.29, 1.82) is 0 Å². The molecule has 1 aromatic carbocycles. The highest BCUT2D eigenvalue weighted by Crippen LogP contribution is 2.32. The number of nitrogens with two attached hydrogens (primary N) is 1. The van der Waals surface area contributed by atoms with Crippen molar-refractivity contribution in [2.45, 2.75) is 39.3 Å². The zero-order valence-corrected chi connectivity index (χ0v) is 12.3. The van der Waals surface area contributed by atoms with Crippen molar-refractivity contribution >= 4 is 16.6 Å². The number of rotatable bonds is 2. The molecular formula is C17H23N3. The van der Waals surface area contributed by atoms with Gasteiger partial charge in [0.25, 0.3) is 0 Å². The van der Waals surface area contributed by atoms with Crippen LogP contribution < -0.4 is 10.6 Å². The first-order valence-corrected chi connectivity index (χ1v) is 7.54. The molecule has 1 aliphatic heterocycles. The van der Waals surface area contributed by atoms with Gasteiger partial charge in [0.2, 0.25) is 0 Å². The first-order chi connectivity index (χ1) is 9.69. The Kier molecular flexibility index (Phi) is 3.62. The molecule has 2 atom stereocenters. The van der Waals surface area contributed by atoms with Crippen molar-refractivity contribution in [3.05, 3.63) is 36.0 Å². The van der Waals surface area contributed by atoms with Crippen LogP contribution in [0.15, 0.2) is 30.3 Å². The van der Waals surface area contributed by atoms with Gasteiger partial charge in [0.05, 0.1) is 5.69 Å². The van der Waals surface area contributed by atoms with Gasteiger partial charge in [-0.1, -0.05) is 31.2 Å². The molecule has 0 spiro atoms. The second kappa shape index (κ2) is 5.41. The Balaban J connectivity index is 2.13. The second-order valence-electron chi connectivity index (χ2n) is 6.05. The van der Waals surface area contributed by atoms with E-state index in [4.69, 9.17) is 10.7 Å². The molecule has 0 saturated carbocycles. The zero-order chi connectivity index (χ0) is 14.1. The summed E-state index contributed by atoms with van der Waals surface area (Å²) in [7, 11) is 0. The molecule has 0 bridgehead atoms. The number of benzene rings is 1. The predicted molar refractivity (Wildman–Crippen MR) is 84.8 cm³/mol. The van der Waals surface area contributed by atoms with Gasteiger partial charge in [-0.2, -0.15) is 0 Å². The molecule has 3 rings (SSSR count). The maximum atomic E-state index is 5.82. The van der Waals surface area contributed by atoms with Crippen molar-refractivity contribution in [3.8, 4) is 0 Å². The summed E-state index contributed by atoms with van der Waals surface area (Å²) in [6.45, 7) is 6.22. The monoisotopic (exact) mass is 269 g/mol. The van der Waals surface area contributed by atoms with Gasteiger partial charge >= 0.3 is 0 Å². The van der Waals surface area contributed by atoms with Gasteiger partial charge in [-0.15, -0.1) is 0 Å². The molecule has 2 N–H and O–H groups in total. The molecule has 0 amide bonds. The number of nitrogens with zero attached hydrogens (tertiary/aromatic N) is 2. The summed E-state index contributed by atoms with van der Waals surface area (Å²) >= 11 is 0. The molecule has 2 heterocycles. The molecule has 1 aliphatic rings. The summed E-state index contributed by atoms with van der Waals surface area (Å²) in [5.74, 6) is 1.84. The fraction of sp³-hybridized carbons (Fsp3) is 0.471. The minimum atomic E-state index is 0.496. The van der Waals surface area contributed by atoms with Crippen LogP contribution in [0.3, 0.4) is 0 Å². The molecular weight excluding hydrogens is 246 g/mol. The van der Waals surface area contributed by atoms with E-state index in [2.05, 4.69) is 49.1 Å². The standard InChI is InChI=1S/C17H23N3/c1-12-7-8-13(2)20(11-12)17-16-6-4-3-5-14(16)9-15(10-18)19-17/h3-6,9,12-13H,7-8,10-11,18H2,1-2H3. The van der Waals surface area contributed by atoms with Crippen molar-refractivity contribution in [3.63, 3.8) is 0 Å². The fourth-order valence-corrected chi connectivity index (χ4v) is 3.14. The third-order valence-corrected chi connectivity index (χ3v) is 4.37. The molecule has 2 unspecified atom stereocenters. The fourth-order valence-electron chi connectivity index (χ4n) is 3.14. The summed E-state index contributed by atoms with van der Waals surface area (Å²) in [5, 5.41) is 2.48. The molecule has 3 heteroatoms. The van der Waals surface area contributed by atoms with Crippen LogP contribution in [-0.2, 0) is 6.54 Å². The van der Waals surface area contributed by atoms with Crippen LogP contribution in [0.4, 0.5) is 5.82 Å². The lowest BCUT2D eigenvalue weighted by atomic mass is 9.94. The van der Waals surface area contributed by atoms with E-state index < -0.39 is 0 Å². The van der Waals surface area contributed by atoms with E-state index in [0.29, 0.717) is 12.6 Å². The first kappa shape index (κ1) is 13.4. The highest BCUT2D eigenvalue weighted by Gasteiger charge is 2.25. The van der Waals surface area contributed by atoms with E-state index >= 15 is 0 Å². The SMILES string of the molecule is CC1CCC(C)N(c2nc(CN)cc3ccccc23)C1. The molecule has 3 nitrogen and oxygen atoms in total. The molecule has 0 radical (unpaired) electrons. The minimum absolute atomic E-state index is 0.496. The van der Waals surface area contributed by atoms with Crippen LogP contribution in [0.5, 0.6) is 0 Å². The van der Waals surface area contributed by atoms with Crippen molar-refractivity contribution in [1.82, 2.24) is 4.98 Å². The van der Waals surface area contributed by atoms with Gasteiger partial charge in [0.15, 0.2) is 0 Å². The van der Waals surface area contributed by atoms with E-state index in [1.807, 2.05) is 0 Å². The van der Waals surface area contributed by atoms with Crippen LogP contribution in [0.1, 0.15) is 32.4 Å². The van der Waals surface area contributed by atoms with Gasteiger partial charge in [0, 0.05) is 24.5 Å². The van der Waals surface area contributed by atoms with Crippen LogP contribution >= 0.6 is 0 Å². The molecule has 1 saturated heterocycles. The lowest BCUT2D eigenvalue weighted by Gasteiger charge is -2.38. The molecule has 1 fully saturated rings. The van der Waals surface area contributed by atoms with Crippen LogP contribution in [0.2, 0.25) is 0 Å². The number of anilines is 1. The largest absolute Gasteiger partial charge is 0.353 e.